The van der Waals surface area contributed by atoms with Crippen molar-refractivity contribution in [1.82, 2.24) is 0 Å². The van der Waals surface area contributed by atoms with Crippen LogP contribution in [0.2, 0.25) is 0 Å². The first-order valence-electron chi connectivity index (χ1n) is 7.08. The molecule has 0 radical (unpaired) electrons. The van der Waals surface area contributed by atoms with Gasteiger partial charge in [0, 0.05) is 6.54 Å². The average molecular weight is 225 g/mol. The zero-order valence-corrected chi connectivity index (χ0v) is 10.7. The summed E-state index contributed by atoms with van der Waals surface area (Å²) in [6.45, 7) is 4.02. The van der Waals surface area contributed by atoms with Gasteiger partial charge in [0.05, 0.1) is 12.2 Å². The molecule has 2 rings (SSSR count). The molecule has 2 aliphatic rings. The lowest BCUT2D eigenvalue weighted by atomic mass is 9.79. The van der Waals surface area contributed by atoms with E-state index in [1.165, 1.54) is 51.4 Å². The number of ether oxygens (including phenoxy) is 1. The van der Waals surface area contributed by atoms with Crippen LogP contribution in [0.3, 0.4) is 0 Å². The molecule has 0 aromatic rings. The van der Waals surface area contributed by atoms with Crippen LogP contribution in [0, 0.1) is 11.8 Å². The van der Waals surface area contributed by atoms with Crippen LogP contribution in [-0.2, 0) is 4.74 Å². The summed E-state index contributed by atoms with van der Waals surface area (Å²) in [4.78, 5) is 0. The van der Waals surface area contributed by atoms with Gasteiger partial charge >= 0.3 is 0 Å². The van der Waals surface area contributed by atoms with Gasteiger partial charge < -0.3 is 10.5 Å². The van der Waals surface area contributed by atoms with E-state index in [1.54, 1.807) is 0 Å². The Morgan fingerprint density at radius 2 is 1.75 bits per heavy atom. The van der Waals surface area contributed by atoms with Gasteiger partial charge in [-0.2, -0.15) is 0 Å². The van der Waals surface area contributed by atoms with Crippen LogP contribution in [-0.4, -0.2) is 18.8 Å². The molecule has 0 bridgehead atoms. The van der Waals surface area contributed by atoms with Crippen molar-refractivity contribution in [2.75, 3.05) is 13.2 Å². The van der Waals surface area contributed by atoms with Crippen LogP contribution in [0.5, 0.6) is 0 Å². The quantitative estimate of drug-likeness (QED) is 0.798. The van der Waals surface area contributed by atoms with Gasteiger partial charge in [0.1, 0.15) is 0 Å². The predicted molar refractivity (Wildman–Crippen MR) is 67.3 cm³/mol. The Balaban J connectivity index is 1.79. The van der Waals surface area contributed by atoms with E-state index in [-0.39, 0.29) is 5.60 Å². The highest BCUT2D eigenvalue weighted by Gasteiger charge is 2.34. The number of hydrogen-bond donors (Lipinski definition) is 1. The number of rotatable bonds is 4. The maximum Gasteiger partial charge on any atom is 0.0804 e. The average Bonchev–Trinajstić information content (AvgIpc) is 2.82. The molecule has 0 aliphatic heterocycles. The molecule has 0 unspecified atom stereocenters. The molecule has 2 nitrogen and oxygen atoms in total. The van der Waals surface area contributed by atoms with Gasteiger partial charge in [0.25, 0.3) is 0 Å². The van der Waals surface area contributed by atoms with Crippen molar-refractivity contribution in [3.05, 3.63) is 0 Å². The molecular weight excluding hydrogens is 198 g/mol. The van der Waals surface area contributed by atoms with E-state index >= 15 is 0 Å². The normalized spacial score (nSPS) is 36.8. The number of nitrogens with two attached hydrogens (primary N) is 1. The van der Waals surface area contributed by atoms with Crippen LogP contribution in [0.4, 0.5) is 0 Å². The molecule has 0 spiro atoms. The molecule has 2 fully saturated rings. The molecule has 0 aromatic heterocycles. The number of hydrogen-bond acceptors (Lipinski definition) is 2. The minimum atomic E-state index is 0.0368. The maximum absolute atomic E-state index is 6.23. The zero-order valence-electron chi connectivity index (χ0n) is 10.7. The Morgan fingerprint density at radius 3 is 2.31 bits per heavy atom. The fourth-order valence-corrected chi connectivity index (χ4v) is 3.17. The summed E-state index contributed by atoms with van der Waals surface area (Å²) in [5.41, 5.74) is 5.98. The van der Waals surface area contributed by atoms with Crippen LogP contribution >= 0.6 is 0 Å². The van der Waals surface area contributed by atoms with Crippen LogP contribution in [0.1, 0.15) is 58.3 Å². The summed E-state index contributed by atoms with van der Waals surface area (Å²) < 4.78 is 6.23. The molecule has 2 N–H and O–H groups in total. The third kappa shape index (κ3) is 2.98. The molecule has 94 valence electrons. The van der Waals surface area contributed by atoms with Gasteiger partial charge in [-0.05, 0) is 50.4 Å². The van der Waals surface area contributed by atoms with E-state index in [4.69, 9.17) is 10.5 Å². The molecule has 0 atom stereocenters. The first-order valence-corrected chi connectivity index (χ1v) is 7.08. The van der Waals surface area contributed by atoms with Gasteiger partial charge in [0.15, 0.2) is 0 Å². The third-order valence-corrected chi connectivity index (χ3v) is 4.66. The van der Waals surface area contributed by atoms with Crippen molar-refractivity contribution in [2.45, 2.75) is 63.9 Å². The minimum absolute atomic E-state index is 0.0368. The van der Waals surface area contributed by atoms with E-state index in [1.807, 2.05) is 0 Å². The van der Waals surface area contributed by atoms with Crippen molar-refractivity contribution in [2.24, 2.45) is 17.6 Å². The lowest BCUT2D eigenvalue weighted by Gasteiger charge is -2.39. The second-order valence-electron chi connectivity index (χ2n) is 6.03. The van der Waals surface area contributed by atoms with Gasteiger partial charge in [-0.15, -0.1) is 0 Å². The van der Waals surface area contributed by atoms with Gasteiger partial charge in [-0.1, -0.05) is 19.8 Å². The summed E-state index contributed by atoms with van der Waals surface area (Å²) in [5.74, 6) is 1.69. The Hall–Kier alpha value is -0.0800. The molecule has 0 aromatic carbocycles. The van der Waals surface area contributed by atoms with E-state index in [0.29, 0.717) is 6.54 Å². The summed E-state index contributed by atoms with van der Waals surface area (Å²) in [5, 5.41) is 0. The Labute approximate surface area is 99.9 Å². The SMILES string of the molecule is CC1CCC(CN)(OCC2CCCC2)CC1. The van der Waals surface area contributed by atoms with E-state index in [0.717, 1.165) is 18.4 Å². The van der Waals surface area contributed by atoms with E-state index < -0.39 is 0 Å². The predicted octanol–water partition coefficient (Wildman–Crippen LogP) is 3.10. The smallest absolute Gasteiger partial charge is 0.0804 e. The Kier molecular flexibility index (Phi) is 4.26. The highest BCUT2D eigenvalue weighted by Crippen LogP contribution is 2.35. The lowest BCUT2D eigenvalue weighted by Crippen LogP contribution is -2.44. The summed E-state index contributed by atoms with van der Waals surface area (Å²) in [6.07, 6.45) is 10.5. The maximum atomic E-state index is 6.23. The highest BCUT2D eigenvalue weighted by atomic mass is 16.5. The standard InChI is InChI=1S/C14H27NO/c1-12-6-8-14(11-15,9-7-12)16-10-13-4-2-3-5-13/h12-13H,2-11,15H2,1H3. The van der Waals surface area contributed by atoms with Crippen molar-refractivity contribution in [3.63, 3.8) is 0 Å². The molecule has 0 saturated heterocycles. The fraction of sp³-hybridized carbons (Fsp3) is 1.00. The van der Waals surface area contributed by atoms with Crippen molar-refractivity contribution in [1.29, 1.82) is 0 Å². The second kappa shape index (κ2) is 5.50. The van der Waals surface area contributed by atoms with E-state index in [9.17, 15) is 0 Å². The third-order valence-electron chi connectivity index (χ3n) is 4.66. The van der Waals surface area contributed by atoms with Crippen LogP contribution in [0.15, 0.2) is 0 Å². The van der Waals surface area contributed by atoms with Crippen molar-refractivity contribution < 1.29 is 4.74 Å². The summed E-state index contributed by atoms with van der Waals surface area (Å²) in [7, 11) is 0. The summed E-state index contributed by atoms with van der Waals surface area (Å²) in [6, 6.07) is 0. The Morgan fingerprint density at radius 1 is 1.12 bits per heavy atom. The van der Waals surface area contributed by atoms with Crippen molar-refractivity contribution >= 4 is 0 Å². The van der Waals surface area contributed by atoms with Crippen LogP contribution in [0.25, 0.3) is 0 Å². The molecule has 2 heteroatoms. The molecule has 2 aliphatic carbocycles. The minimum Gasteiger partial charge on any atom is -0.373 e. The lowest BCUT2D eigenvalue weighted by molar-refractivity contribution is -0.0822. The molecular formula is C14H27NO. The largest absolute Gasteiger partial charge is 0.373 e. The van der Waals surface area contributed by atoms with Gasteiger partial charge in [-0.3, -0.25) is 0 Å². The monoisotopic (exact) mass is 225 g/mol. The topological polar surface area (TPSA) is 35.2 Å². The van der Waals surface area contributed by atoms with Gasteiger partial charge in [0.2, 0.25) is 0 Å². The molecule has 2 saturated carbocycles. The molecule has 0 heterocycles. The first kappa shape index (κ1) is 12.4. The molecule has 0 amide bonds. The highest BCUT2D eigenvalue weighted by molar-refractivity contribution is 4.87. The zero-order chi connectivity index (χ0) is 11.4. The van der Waals surface area contributed by atoms with Crippen LogP contribution < -0.4 is 5.73 Å². The summed E-state index contributed by atoms with van der Waals surface area (Å²) >= 11 is 0. The van der Waals surface area contributed by atoms with Crippen molar-refractivity contribution in [3.8, 4) is 0 Å². The fourth-order valence-electron chi connectivity index (χ4n) is 3.17. The van der Waals surface area contributed by atoms with Gasteiger partial charge in [-0.25, -0.2) is 0 Å². The molecule has 16 heavy (non-hydrogen) atoms. The van der Waals surface area contributed by atoms with E-state index in [2.05, 4.69) is 6.92 Å². The second-order valence-corrected chi connectivity index (χ2v) is 6.03. The Bertz CT molecular complexity index is 203. The first-order chi connectivity index (χ1) is 7.74.